The number of carboxylic acids is 1. The highest BCUT2D eigenvalue weighted by Crippen LogP contribution is 2.42. The van der Waals surface area contributed by atoms with Gasteiger partial charge in [0, 0.05) is 28.0 Å². The molecule has 4 rings (SSSR count). The summed E-state index contributed by atoms with van der Waals surface area (Å²) in [5, 5.41) is 21.3. The van der Waals surface area contributed by atoms with Crippen LogP contribution < -0.4 is 5.63 Å². The number of phenols is 1. The van der Waals surface area contributed by atoms with E-state index in [0.717, 1.165) is 12.0 Å². The zero-order valence-electron chi connectivity index (χ0n) is 15.2. The van der Waals surface area contributed by atoms with E-state index >= 15 is 0 Å². The predicted octanol–water partition coefficient (Wildman–Crippen LogP) is 4.49. The van der Waals surface area contributed by atoms with Crippen LogP contribution in [-0.2, 0) is 17.6 Å². The molecule has 2 aromatic heterocycles. The summed E-state index contributed by atoms with van der Waals surface area (Å²) in [5.74, 6) is -0.924. The van der Waals surface area contributed by atoms with Gasteiger partial charge in [0.1, 0.15) is 5.76 Å². The molecule has 6 nitrogen and oxygen atoms in total. The molecule has 0 saturated heterocycles. The molecule has 2 heterocycles. The molecule has 0 aliphatic heterocycles. The van der Waals surface area contributed by atoms with Gasteiger partial charge in [-0.1, -0.05) is 43.7 Å². The van der Waals surface area contributed by atoms with Gasteiger partial charge in [0.05, 0.1) is 6.42 Å². The molecule has 0 radical (unpaired) electrons. The van der Waals surface area contributed by atoms with Gasteiger partial charge < -0.3 is 19.0 Å². The maximum atomic E-state index is 11.9. The lowest BCUT2D eigenvalue weighted by Crippen LogP contribution is -2.02. The van der Waals surface area contributed by atoms with E-state index in [1.807, 2.05) is 37.3 Å². The molecule has 4 aromatic rings. The monoisotopic (exact) mass is 378 g/mol. The molecule has 6 heteroatoms. The van der Waals surface area contributed by atoms with Crippen LogP contribution in [0.2, 0.25) is 0 Å². The van der Waals surface area contributed by atoms with Crippen molar-refractivity contribution in [3.8, 4) is 17.1 Å². The van der Waals surface area contributed by atoms with Crippen LogP contribution in [0.1, 0.15) is 24.5 Å². The minimum atomic E-state index is -1.01. The fourth-order valence-corrected chi connectivity index (χ4v) is 3.56. The van der Waals surface area contributed by atoms with Crippen LogP contribution in [0.25, 0.3) is 33.3 Å². The van der Waals surface area contributed by atoms with Crippen molar-refractivity contribution in [1.29, 1.82) is 0 Å². The number of fused-ring (bicyclic) bond motifs is 2. The summed E-state index contributed by atoms with van der Waals surface area (Å²) < 4.78 is 11.1. The minimum Gasteiger partial charge on any atom is -0.502 e. The summed E-state index contributed by atoms with van der Waals surface area (Å²) in [6.45, 7) is 1.99. The average molecular weight is 378 g/mol. The molecule has 0 saturated carbocycles. The van der Waals surface area contributed by atoms with Gasteiger partial charge in [-0.15, -0.1) is 0 Å². The molecule has 2 aromatic carbocycles. The Bertz CT molecular complexity index is 1250. The van der Waals surface area contributed by atoms with Crippen molar-refractivity contribution in [1.82, 2.24) is 0 Å². The molecule has 142 valence electrons. The number of carbonyl (C=O) groups is 1. The smallest absolute Gasteiger partial charge is 0.336 e. The first kappa shape index (κ1) is 17.9. The number of aryl methyl sites for hydroxylation is 1. The van der Waals surface area contributed by atoms with Crippen LogP contribution in [0.15, 0.2) is 56.1 Å². The number of aliphatic carboxylic acids is 1. The number of carboxylic acid groups (broad SMARTS) is 1. The van der Waals surface area contributed by atoms with Crippen molar-refractivity contribution in [3.63, 3.8) is 0 Å². The Morgan fingerprint density at radius 1 is 1.04 bits per heavy atom. The Hall–Kier alpha value is -3.54. The summed E-state index contributed by atoms with van der Waals surface area (Å²) in [4.78, 5) is 23.4. The normalized spacial score (nSPS) is 11.3. The molecule has 2 N–H and O–H groups in total. The Morgan fingerprint density at radius 2 is 1.75 bits per heavy atom. The topological polar surface area (TPSA) is 101 Å². The van der Waals surface area contributed by atoms with Gasteiger partial charge in [0.25, 0.3) is 0 Å². The van der Waals surface area contributed by atoms with Gasteiger partial charge in [0.2, 0.25) is 5.75 Å². The van der Waals surface area contributed by atoms with Crippen molar-refractivity contribution in [2.45, 2.75) is 26.2 Å². The molecule has 0 bridgehead atoms. The van der Waals surface area contributed by atoms with E-state index in [-0.39, 0.29) is 23.3 Å². The molecule has 0 unspecified atom stereocenters. The van der Waals surface area contributed by atoms with Crippen molar-refractivity contribution in [3.05, 3.63) is 64.0 Å². The number of benzene rings is 2. The highest BCUT2D eigenvalue weighted by atomic mass is 16.4. The second-order valence-electron chi connectivity index (χ2n) is 6.67. The lowest BCUT2D eigenvalue weighted by Gasteiger charge is -2.06. The molecule has 0 aliphatic carbocycles. The maximum absolute atomic E-state index is 11.9. The van der Waals surface area contributed by atoms with Crippen molar-refractivity contribution in [2.75, 3.05) is 0 Å². The maximum Gasteiger partial charge on any atom is 0.336 e. The second-order valence-corrected chi connectivity index (χ2v) is 6.67. The first-order valence-corrected chi connectivity index (χ1v) is 9.01. The summed E-state index contributed by atoms with van der Waals surface area (Å²) >= 11 is 0. The SMILES string of the molecule is CCCc1cc(=O)oc2c(O)c3oc(-c4ccccc4)c(CC(=O)O)c3cc12. The van der Waals surface area contributed by atoms with Gasteiger partial charge in [0.15, 0.2) is 11.2 Å². The van der Waals surface area contributed by atoms with E-state index in [2.05, 4.69) is 0 Å². The fourth-order valence-electron chi connectivity index (χ4n) is 3.56. The van der Waals surface area contributed by atoms with Crippen LogP contribution >= 0.6 is 0 Å². The van der Waals surface area contributed by atoms with E-state index in [1.165, 1.54) is 6.07 Å². The summed E-state index contributed by atoms with van der Waals surface area (Å²) in [7, 11) is 0. The number of phenolic OH excluding ortho intramolecular Hbond substituents is 1. The van der Waals surface area contributed by atoms with Crippen molar-refractivity contribution >= 4 is 27.9 Å². The molecule has 0 aliphatic rings. The van der Waals surface area contributed by atoms with Gasteiger partial charge in [-0.2, -0.15) is 0 Å². The van der Waals surface area contributed by atoms with Gasteiger partial charge in [-0.25, -0.2) is 4.79 Å². The number of hydrogen-bond acceptors (Lipinski definition) is 5. The van der Waals surface area contributed by atoms with Crippen LogP contribution in [0.5, 0.6) is 5.75 Å². The fraction of sp³-hybridized carbons (Fsp3) is 0.182. The summed E-state index contributed by atoms with van der Waals surface area (Å²) in [6.07, 6.45) is 1.17. The Labute approximate surface area is 159 Å². The third-order valence-electron chi connectivity index (χ3n) is 4.74. The molecule has 28 heavy (non-hydrogen) atoms. The van der Waals surface area contributed by atoms with Gasteiger partial charge in [-0.05, 0) is 18.1 Å². The lowest BCUT2D eigenvalue weighted by atomic mass is 9.99. The van der Waals surface area contributed by atoms with Crippen LogP contribution in [0, 0.1) is 0 Å². The standard InChI is InChI=1S/C22H18O6/c1-2-6-13-9-18(25)27-21-14(13)10-15-16(11-17(23)24)20(28-22(15)19(21)26)12-7-4-3-5-8-12/h3-5,7-10,26H,2,6,11H2,1H3,(H,23,24). The van der Waals surface area contributed by atoms with Crippen LogP contribution in [0.3, 0.4) is 0 Å². The molecule has 0 spiro atoms. The predicted molar refractivity (Wildman–Crippen MR) is 105 cm³/mol. The Balaban J connectivity index is 2.12. The van der Waals surface area contributed by atoms with Crippen molar-refractivity contribution < 1.29 is 23.8 Å². The van der Waals surface area contributed by atoms with Crippen LogP contribution in [-0.4, -0.2) is 16.2 Å². The van der Waals surface area contributed by atoms with E-state index in [0.29, 0.717) is 34.1 Å². The van der Waals surface area contributed by atoms with Gasteiger partial charge in [-0.3, -0.25) is 4.79 Å². The van der Waals surface area contributed by atoms with E-state index < -0.39 is 11.6 Å². The molecule has 0 amide bonds. The van der Waals surface area contributed by atoms with E-state index in [4.69, 9.17) is 8.83 Å². The second kappa shape index (κ2) is 6.88. The number of furan rings is 1. The number of hydrogen-bond donors (Lipinski definition) is 2. The molecular formula is C22H18O6. The third kappa shape index (κ3) is 2.93. The zero-order valence-corrected chi connectivity index (χ0v) is 15.2. The Kier molecular flexibility index (Phi) is 4.39. The highest BCUT2D eigenvalue weighted by Gasteiger charge is 2.23. The average Bonchev–Trinajstić information content (AvgIpc) is 3.02. The minimum absolute atomic E-state index is 0.0543. The van der Waals surface area contributed by atoms with Gasteiger partial charge >= 0.3 is 11.6 Å². The largest absolute Gasteiger partial charge is 0.502 e. The number of rotatable bonds is 5. The van der Waals surface area contributed by atoms with Crippen molar-refractivity contribution in [2.24, 2.45) is 0 Å². The summed E-state index contributed by atoms with van der Waals surface area (Å²) in [6, 6.07) is 12.3. The molecule has 0 atom stereocenters. The number of aromatic hydroxyl groups is 1. The molecule has 0 fully saturated rings. The first-order chi connectivity index (χ1) is 13.5. The quantitative estimate of drug-likeness (QED) is 0.496. The van der Waals surface area contributed by atoms with E-state index in [1.54, 1.807) is 6.07 Å². The lowest BCUT2D eigenvalue weighted by molar-refractivity contribution is -0.136. The van der Waals surface area contributed by atoms with E-state index in [9.17, 15) is 19.8 Å². The summed E-state index contributed by atoms with van der Waals surface area (Å²) in [5.41, 5.74) is 1.53. The first-order valence-electron chi connectivity index (χ1n) is 9.01. The third-order valence-corrected chi connectivity index (χ3v) is 4.74. The molecular weight excluding hydrogens is 360 g/mol. The highest BCUT2D eigenvalue weighted by molar-refractivity contribution is 6.05. The zero-order chi connectivity index (χ0) is 19.8. The Morgan fingerprint density at radius 3 is 2.43 bits per heavy atom. The van der Waals surface area contributed by atoms with Crippen LogP contribution in [0.4, 0.5) is 0 Å².